The molecule has 2 heterocycles. The van der Waals surface area contributed by atoms with Crippen molar-refractivity contribution >= 4 is 11.7 Å². The predicted molar refractivity (Wildman–Crippen MR) is 84.0 cm³/mol. The summed E-state index contributed by atoms with van der Waals surface area (Å²) >= 11 is 0. The van der Waals surface area contributed by atoms with Crippen molar-refractivity contribution in [3.63, 3.8) is 0 Å². The number of aryl methyl sites for hydroxylation is 2. The van der Waals surface area contributed by atoms with Crippen molar-refractivity contribution in [3.8, 4) is 5.75 Å². The van der Waals surface area contributed by atoms with Crippen LogP contribution in [-0.4, -0.2) is 32.1 Å². The van der Waals surface area contributed by atoms with Gasteiger partial charge in [0, 0.05) is 11.4 Å². The lowest BCUT2D eigenvalue weighted by Crippen LogP contribution is -2.29. The van der Waals surface area contributed by atoms with E-state index in [-0.39, 0.29) is 19.1 Å². The molecule has 0 aliphatic carbocycles. The van der Waals surface area contributed by atoms with Crippen molar-refractivity contribution in [2.75, 3.05) is 6.61 Å². The van der Waals surface area contributed by atoms with E-state index in [1.54, 1.807) is 12.1 Å². The average molecular weight is 311 g/mol. The lowest BCUT2D eigenvalue weighted by Gasteiger charge is -2.07. The van der Waals surface area contributed by atoms with Crippen molar-refractivity contribution in [2.45, 2.75) is 20.4 Å². The Morgan fingerprint density at radius 2 is 2.00 bits per heavy atom. The van der Waals surface area contributed by atoms with E-state index in [4.69, 9.17) is 4.74 Å². The van der Waals surface area contributed by atoms with Crippen LogP contribution in [0.5, 0.6) is 5.75 Å². The van der Waals surface area contributed by atoms with Crippen molar-refractivity contribution < 1.29 is 9.53 Å². The summed E-state index contributed by atoms with van der Waals surface area (Å²) in [5, 5.41) is 10.9. The van der Waals surface area contributed by atoms with Gasteiger partial charge in [0.2, 0.25) is 0 Å². The zero-order valence-corrected chi connectivity index (χ0v) is 13.0. The molecule has 23 heavy (non-hydrogen) atoms. The first-order valence-corrected chi connectivity index (χ1v) is 7.26. The Morgan fingerprint density at radius 3 is 2.78 bits per heavy atom. The molecule has 0 radical (unpaired) electrons. The van der Waals surface area contributed by atoms with Crippen LogP contribution < -0.4 is 10.1 Å². The van der Waals surface area contributed by atoms with Crippen molar-refractivity contribution in [2.24, 2.45) is 0 Å². The SMILES string of the molecule is Cc1cc(C)n2c(CNC(=O)COc3ccccc3)nnc2n1. The van der Waals surface area contributed by atoms with Crippen molar-refractivity contribution in [1.29, 1.82) is 0 Å². The van der Waals surface area contributed by atoms with Gasteiger partial charge in [-0.2, -0.15) is 0 Å². The molecule has 0 spiro atoms. The molecule has 2 aromatic heterocycles. The van der Waals surface area contributed by atoms with Gasteiger partial charge in [-0.05, 0) is 32.0 Å². The summed E-state index contributed by atoms with van der Waals surface area (Å²) in [4.78, 5) is 16.2. The third-order valence-electron chi connectivity index (χ3n) is 3.32. The number of ether oxygens (including phenoxy) is 1. The number of benzene rings is 1. The van der Waals surface area contributed by atoms with E-state index in [1.807, 2.05) is 42.5 Å². The summed E-state index contributed by atoms with van der Waals surface area (Å²) in [6.07, 6.45) is 0. The standard InChI is InChI=1S/C16H17N5O2/c1-11-8-12(2)21-14(19-20-16(21)18-11)9-17-15(22)10-23-13-6-4-3-5-7-13/h3-8H,9-10H2,1-2H3,(H,17,22). The highest BCUT2D eigenvalue weighted by Crippen LogP contribution is 2.09. The molecule has 1 amide bonds. The zero-order valence-electron chi connectivity index (χ0n) is 13.0. The fourth-order valence-corrected chi connectivity index (χ4v) is 2.31. The highest BCUT2D eigenvalue weighted by Gasteiger charge is 2.11. The van der Waals surface area contributed by atoms with Crippen LogP contribution in [0.4, 0.5) is 0 Å². The van der Waals surface area contributed by atoms with E-state index < -0.39 is 0 Å². The smallest absolute Gasteiger partial charge is 0.258 e. The minimum absolute atomic E-state index is 0.0446. The van der Waals surface area contributed by atoms with Gasteiger partial charge in [-0.3, -0.25) is 9.20 Å². The molecule has 1 aromatic carbocycles. The van der Waals surface area contributed by atoms with Crippen molar-refractivity contribution in [1.82, 2.24) is 24.9 Å². The maximum Gasteiger partial charge on any atom is 0.258 e. The van der Waals surface area contributed by atoms with Crippen LogP contribution in [0.3, 0.4) is 0 Å². The molecule has 0 saturated heterocycles. The number of amides is 1. The minimum atomic E-state index is -0.219. The number of nitrogens with one attached hydrogen (secondary N) is 1. The highest BCUT2D eigenvalue weighted by molar-refractivity contribution is 5.77. The molecule has 7 heteroatoms. The zero-order chi connectivity index (χ0) is 16.2. The quantitative estimate of drug-likeness (QED) is 0.771. The van der Waals surface area contributed by atoms with Gasteiger partial charge in [-0.15, -0.1) is 10.2 Å². The summed E-state index contributed by atoms with van der Waals surface area (Å²) in [5.74, 6) is 1.61. The molecule has 3 rings (SSSR count). The first kappa shape index (κ1) is 15.0. The third kappa shape index (κ3) is 3.45. The largest absolute Gasteiger partial charge is 0.484 e. The topological polar surface area (TPSA) is 81.4 Å². The monoisotopic (exact) mass is 311 g/mol. The van der Waals surface area contributed by atoms with E-state index in [0.717, 1.165) is 11.4 Å². The van der Waals surface area contributed by atoms with Crippen LogP contribution in [0, 0.1) is 13.8 Å². The molecule has 1 N–H and O–H groups in total. The number of para-hydroxylation sites is 1. The molecule has 0 bridgehead atoms. The summed E-state index contributed by atoms with van der Waals surface area (Å²) in [5.41, 5.74) is 1.86. The summed E-state index contributed by atoms with van der Waals surface area (Å²) in [7, 11) is 0. The minimum Gasteiger partial charge on any atom is -0.484 e. The Morgan fingerprint density at radius 1 is 1.22 bits per heavy atom. The summed E-state index contributed by atoms with van der Waals surface area (Å²) in [6, 6.07) is 11.1. The average Bonchev–Trinajstić information content (AvgIpc) is 2.95. The van der Waals surface area contributed by atoms with Gasteiger partial charge in [-0.1, -0.05) is 18.2 Å². The third-order valence-corrected chi connectivity index (χ3v) is 3.32. The second kappa shape index (κ2) is 6.43. The number of hydrogen-bond acceptors (Lipinski definition) is 5. The fourth-order valence-electron chi connectivity index (χ4n) is 2.31. The molecule has 0 unspecified atom stereocenters. The molecule has 0 fully saturated rings. The first-order valence-electron chi connectivity index (χ1n) is 7.26. The lowest BCUT2D eigenvalue weighted by atomic mass is 10.3. The van der Waals surface area contributed by atoms with E-state index in [1.165, 1.54) is 0 Å². The normalized spacial score (nSPS) is 10.7. The van der Waals surface area contributed by atoms with Gasteiger partial charge >= 0.3 is 0 Å². The molecule has 118 valence electrons. The number of aromatic nitrogens is 4. The Labute approximate surface area is 133 Å². The van der Waals surface area contributed by atoms with Crippen molar-refractivity contribution in [3.05, 3.63) is 53.6 Å². The van der Waals surface area contributed by atoms with Gasteiger partial charge in [0.15, 0.2) is 12.4 Å². The van der Waals surface area contributed by atoms with Gasteiger partial charge < -0.3 is 10.1 Å². The summed E-state index contributed by atoms with van der Waals surface area (Å²) in [6.45, 7) is 4.08. The maximum atomic E-state index is 11.9. The number of fused-ring (bicyclic) bond motifs is 1. The highest BCUT2D eigenvalue weighted by atomic mass is 16.5. The van der Waals surface area contributed by atoms with E-state index in [2.05, 4.69) is 20.5 Å². The van der Waals surface area contributed by atoms with Crippen LogP contribution in [-0.2, 0) is 11.3 Å². The molecule has 7 nitrogen and oxygen atoms in total. The molecular weight excluding hydrogens is 294 g/mol. The molecule has 0 aliphatic heterocycles. The van der Waals surface area contributed by atoms with Crippen LogP contribution >= 0.6 is 0 Å². The number of carbonyl (C=O) groups excluding carboxylic acids is 1. The summed E-state index contributed by atoms with van der Waals surface area (Å²) < 4.78 is 7.22. The van der Waals surface area contributed by atoms with E-state index >= 15 is 0 Å². The molecule has 0 aliphatic rings. The fraction of sp³-hybridized carbons (Fsp3) is 0.250. The maximum absolute atomic E-state index is 11.9. The van der Waals surface area contributed by atoms with Gasteiger partial charge in [0.05, 0.1) is 6.54 Å². The van der Waals surface area contributed by atoms with Crippen LogP contribution in [0.25, 0.3) is 5.78 Å². The van der Waals surface area contributed by atoms with Crippen LogP contribution in [0.15, 0.2) is 36.4 Å². The number of carbonyl (C=O) groups is 1. The Hall–Kier alpha value is -2.96. The van der Waals surface area contributed by atoms with Gasteiger partial charge in [0.1, 0.15) is 5.75 Å². The van der Waals surface area contributed by atoms with Crippen LogP contribution in [0.2, 0.25) is 0 Å². The second-order valence-corrected chi connectivity index (χ2v) is 5.17. The Bertz CT molecular complexity index is 829. The Balaban J connectivity index is 1.61. The van der Waals surface area contributed by atoms with Crippen LogP contribution in [0.1, 0.15) is 17.2 Å². The number of nitrogens with zero attached hydrogens (tertiary/aromatic N) is 4. The van der Waals surface area contributed by atoms with E-state index in [0.29, 0.717) is 17.4 Å². The molecule has 0 atom stereocenters. The first-order chi connectivity index (χ1) is 11.1. The van der Waals surface area contributed by atoms with Gasteiger partial charge in [-0.25, -0.2) is 4.98 Å². The predicted octanol–water partition coefficient (Wildman–Crippen LogP) is 1.44. The lowest BCUT2D eigenvalue weighted by molar-refractivity contribution is -0.123. The molecular formula is C16H17N5O2. The molecule has 3 aromatic rings. The molecule has 0 saturated carbocycles. The Kier molecular flexibility index (Phi) is 4.18. The number of rotatable bonds is 5. The van der Waals surface area contributed by atoms with E-state index in [9.17, 15) is 4.79 Å². The second-order valence-electron chi connectivity index (χ2n) is 5.17. The van der Waals surface area contributed by atoms with Gasteiger partial charge in [0.25, 0.3) is 11.7 Å². The number of hydrogen-bond donors (Lipinski definition) is 1.